The summed E-state index contributed by atoms with van der Waals surface area (Å²) in [4.78, 5) is 0. The lowest BCUT2D eigenvalue weighted by molar-refractivity contribution is 0.916. The number of anilines is 1. The van der Waals surface area contributed by atoms with Crippen LogP contribution in [-0.4, -0.2) is 0 Å². The summed E-state index contributed by atoms with van der Waals surface area (Å²) in [5, 5.41) is 0. The average molecular weight is 162 g/mol. The molecule has 1 rings (SSSR count). The van der Waals surface area contributed by atoms with E-state index in [9.17, 15) is 0 Å². The van der Waals surface area contributed by atoms with E-state index in [1.165, 1.54) is 0 Å². The molecule has 12 heavy (non-hydrogen) atoms. The summed E-state index contributed by atoms with van der Waals surface area (Å²) < 4.78 is 0. The second kappa shape index (κ2) is 3.41. The maximum Gasteiger partial charge on any atom is 0.0499 e. The molecule has 0 aliphatic heterocycles. The Morgan fingerprint density at radius 3 is 2.75 bits per heavy atom. The van der Waals surface area contributed by atoms with Crippen LogP contribution in [0, 0.1) is 6.92 Å². The first-order chi connectivity index (χ1) is 5.65. The Hall–Kier alpha value is -1.28. The third kappa shape index (κ3) is 1.66. The van der Waals surface area contributed by atoms with E-state index in [2.05, 4.69) is 6.58 Å². The van der Waals surface area contributed by atoms with Crippen molar-refractivity contribution in [3.63, 3.8) is 0 Å². The van der Waals surface area contributed by atoms with Gasteiger partial charge in [0, 0.05) is 11.7 Å². The largest absolute Gasteiger partial charge is 0.398 e. The lowest BCUT2D eigenvalue weighted by atomic mass is 10.0. The van der Waals surface area contributed by atoms with E-state index in [0.717, 1.165) is 16.8 Å². The first kappa shape index (κ1) is 8.81. The van der Waals surface area contributed by atoms with Gasteiger partial charge in [-0.25, -0.2) is 0 Å². The number of aryl methyl sites for hydroxylation is 1. The summed E-state index contributed by atoms with van der Waals surface area (Å²) in [6, 6.07) is 5.66. The maximum absolute atomic E-state index is 5.77. The molecule has 1 atom stereocenters. The molecule has 0 spiro atoms. The highest BCUT2D eigenvalue weighted by Crippen LogP contribution is 2.20. The second-order valence-electron chi connectivity index (χ2n) is 2.89. The molecule has 0 radical (unpaired) electrons. The van der Waals surface area contributed by atoms with Gasteiger partial charge in [-0.15, -0.1) is 6.58 Å². The van der Waals surface area contributed by atoms with Gasteiger partial charge < -0.3 is 11.5 Å². The van der Waals surface area contributed by atoms with Crippen molar-refractivity contribution in [2.75, 3.05) is 5.73 Å². The minimum Gasteiger partial charge on any atom is -0.398 e. The van der Waals surface area contributed by atoms with E-state index >= 15 is 0 Å². The molecule has 1 aromatic rings. The summed E-state index contributed by atoms with van der Waals surface area (Å²) >= 11 is 0. The van der Waals surface area contributed by atoms with Gasteiger partial charge in [-0.1, -0.05) is 23.8 Å². The minimum atomic E-state index is -0.162. The van der Waals surface area contributed by atoms with E-state index in [1.54, 1.807) is 6.08 Å². The van der Waals surface area contributed by atoms with Crippen LogP contribution >= 0.6 is 0 Å². The Morgan fingerprint density at radius 1 is 1.50 bits per heavy atom. The van der Waals surface area contributed by atoms with E-state index in [-0.39, 0.29) is 6.04 Å². The summed E-state index contributed by atoms with van der Waals surface area (Å²) in [7, 11) is 0. The van der Waals surface area contributed by atoms with Crippen molar-refractivity contribution in [2.24, 2.45) is 5.73 Å². The summed E-state index contributed by atoms with van der Waals surface area (Å²) in [5.41, 5.74) is 14.3. The zero-order valence-corrected chi connectivity index (χ0v) is 7.25. The van der Waals surface area contributed by atoms with Crippen molar-refractivity contribution < 1.29 is 0 Å². The van der Waals surface area contributed by atoms with Crippen molar-refractivity contribution in [1.29, 1.82) is 0 Å². The molecular formula is C10H14N2. The molecular weight excluding hydrogens is 148 g/mol. The molecule has 1 aromatic carbocycles. The molecule has 0 saturated carbocycles. The number of rotatable bonds is 2. The van der Waals surface area contributed by atoms with Crippen molar-refractivity contribution in [3.05, 3.63) is 42.0 Å². The minimum absolute atomic E-state index is 0.162. The normalized spacial score (nSPS) is 12.5. The van der Waals surface area contributed by atoms with Crippen molar-refractivity contribution in [3.8, 4) is 0 Å². The molecule has 0 fully saturated rings. The maximum atomic E-state index is 5.77. The van der Waals surface area contributed by atoms with Gasteiger partial charge in [-0.3, -0.25) is 0 Å². The number of hydrogen-bond donors (Lipinski definition) is 2. The van der Waals surface area contributed by atoms with E-state index < -0.39 is 0 Å². The quantitative estimate of drug-likeness (QED) is 0.514. The van der Waals surface area contributed by atoms with Crippen LogP contribution in [-0.2, 0) is 0 Å². The topological polar surface area (TPSA) is 52.0 Å². The van der Waals surface area contributed by atoms with Gasteiger partial charge in [-0.2, -0.15) is 0 Å². The Morgan fingerprint density at radius 2 is 2.17 bits per heavy atom. The van der Waals surface area contributed by atoms with Crippen molar-refractivity contribution in [1.82, 2.24) is 0 Å². The van der Waals surface area contributed by atoms with Gasteiger partial charge in [0.2, 0.25) is 0 Å². The molecule has 0 amide bonds. The molecule has 0 aliphatic rings. The van der Waals surface area contributed by atoms with Gasteiger partial charge in [-0.05, 0) is 18.6 Å². The summed E-state index contributed by atoms with van der Waals surface area (Å²) in [6.45, 7) is 5.64. The van der Waals surface area contributed by atoms with E-state index in [0.29, 0.717) is 0 Å². The molecule has 2 heteroatoms. The zero-order chi connectivity index (χ0) is 9.14. The standard InChI is InChI=1S/C10H14N2/c1-3-9(11)8-6-7(2)4-5-10(8)12/h3-6,9H,1,11-12H2,2H3. The number of nitrogen functional groups attached to an aromatic ring is 1. The lowest BCUT2D eigenvalue weighted by Gasteiger charge is -2.10. The van der Waals surface area contributed by atoms with Crippen molar-refractivity contribution in [2.45, 2.75) is 13.0 Å². The molecule has 0 saturated heterocycles. The van der Waals surface area contributed by atoms with Gasteiger partial charge in [0.25, 0.3) is 0 Å². The highest BCUT2D eigenvalue weighted by Gasteiger charge is 2.04. The fraction of sp³-hybridized carbons (Fsp3) is 0.200. The molecule has 64 valence electrons. The predicted octanol–water partition coefficient (Wildman–Crippen LogP) is 1.76. The van der Waals surface area contributed by atoms with Gasteiger partial charge in [0.1, 0.15) is 0 Å². The predicted molar refractivity (Wildman–Crippen MR) is 52.7 cm³/mol. The number of benzene rings is 1. The Kier molecular flexibility index (Phi) is 2.51. The SMILES string of the molecule is C=CC(N)c1cc(C)ccc1N. The van der Waals surface area contributed by atoms with E-state index in [1.807, 2.05) is 25.1 Å². The van der Waals surface area contributed by atoms with E-state index in [4.69, 9.17) is 11.5 Å². The van der Waals surface area contributed by atoms with Crippen LogP contribution in [0.2, 0.25) is 0 Å². The fourth-order valence-electron chi connectivity index (χ4n) is 1.11. The second-order valence-corrected chi connectivity index (χ2v) is 2.89. The van der Waals surface area contributed by atoms with Crippen LogP contribution < -0.4 is 11.5 Å². The molecule has 0 aliphatic carbocycles. The smallest absolute Gasteiger partial charge is 0.0499 e. The third-order valence-electron chi connectivity index (χ3n) is 1.86. The Bertz CT molecular complexity index is 292. The number of hydrogen-bond acceptors (Lipinski definition) is 2. The molecule has 0 bridgehead atoms. The lowest BCUT2D eigenvalue weighted by Crippen LogP contribution is -2.09. The molecule has 4 N–H and O–H groups in total. The molecule has 0 heterocycles. The van der Waals surface area contributed by atoms with Crippen LogP contribution in [0.3, 0.4) is 0 Å². The highest BCUT2D eigenvalue weighted by atomic mass is 14.7. The molecule has 2 nitrogen and oxygen atoms in total. The Balaban J connectivity index is 3.12. The first-order valence-corrected chi connectivity index (χ1v) is 3.89. The highest BCUT2D eigenvalue weighted by molar-refractivity contribution is 5.50. The first-order valence-electron chi connectivity index (χ1n) is 3.89. The third-order valence-corrected chi connectivity index (χ3v) is 1.86. The van der Waals surface area contributed by atoms with Crippen molar-refractivity contribution >= 4 is 5.69 Å². The number of nitrogens with two attached hydrogens (primary N) is 2. The average Bonchev–Trinajstić information content (AvgIpc) is 2.08. The van der Waals surface area contributed by atoms with Crippen LogP contribution in [0.25, 0.3) is 0 Å². The van der Waals surface area contributed by atoms with Crippen LogP contribution in [0.15, 0.2) is 30.9 Å². The molecule has 0 aromatic heterocycles. The zero-order valence-electron chi connectivity index (χ0n) is 7.25. The van der Waals surface area contributed by atoms with Gasteiger partial charge >= 0.3 is 0 Å². The monoisotopic (exact) mass is 162 g/mol. The summed E-state index contributed by atoms with van der Waals surface area (Å²) in [6.07, 6.45) is 1.69. The van der Waals surface area contributed by atoms with Gasteiger partial charge in [0.05, 0.1) is 0 Å². The van der Waals surface area contributed by atoms with Crippen LogP contribution in [0.5, 0.6) is 0 Å². The van der Waals surface area contributed by atoms with Crippen LogP contribution in [0.4, 0.5) is 5.69 Å². The Labute approximate surface area is 72.9 Å². The van der Waals surface area contributed by atoms with Gasteiger partial charge in [0.15, 0.2) is 0 Å². The van der Waals surface area contributed by atoms with Crippen LogP contribution in [0.1, 0.15) is 17.2 Å². The molecule has 1 unspecified atom stereocenters. The fourth-order valence-corrected chi connectivity index (χ4v) is 1.11. The summed E-state index contributed by atoms with van der Waals surface area (Å²) in [5.74, 6) is 0.